The van der Waals surface area contributed by atoms with Crippen LogP contribution in [0.4, 0.5) is 11.4 Å². The number of nitrogens with one attached hydrogen (secondary N) is 1. The lowest BCUT2D eigenvalue weighted by Crippen LogP contribution is -2.45. The maximum absolute atomic E-state index is 12.7. The number of nitrogens with zero attached hydrogens (tertiary/aromatic N) is 1. The Morgan fingerprint density at radius 1 is 1.14 bits per heavy atom. The molecule has 0 saturated heterocycles. The van der Waals surface area contributed by atoms with E-state index in [0.29, 0.717) is 16.9 Å². The summed E-state index contributed by atoms with van der Waals surface area (Å²) in [7, 11) is -3.70. The SMILES string of the molecule is CCOC(=O)c1cccc(NC(=O)C(C)N(c2cccc(C)c2)S(C)(=O)=O)c1. The maximum Gasteiger partial charge on any atom is 0.338 e. The van der Waals surface area contributed by atoms with Crippen LogP contribution in [0.5, 0.6) is 0 Å². The van der Waals surface area contributed by atoms with Crippen LogP contribution in [-0.2, 0) is 19.6 Å². The third-order valence-electron chi connectivity index (χ3n) is 3.99. The van der Waals surface area contributed by atoms with Gasteiger partial charge in [0.15, 0.2) is 0 Å². The van der Waals surface area contributed by atoms with Gasteiger partial charge in [-0.2, -0.15) is 0 Å². The Kier molecular flexibility index (Phi) is 6.80. The standard InChI is InChI=1S/C20H24N2O5S/c1-5-27-20(24)16-9-7-10-17(13-16)21-19(23)15(3)22(28(4,25)26)18-11-6-8-14(2)12-18/h6-13,15H,5H2,1-4H3,(H,21,23). The van der Waals surface area contributed by atoms with E-state index in [-0.39, 0.29) is 6.61 Å². The molecule has 2 rings (SSSR count). The molecule has 1 N–H and O–H groups in total. The summed E-state index contributed by atoms with van der Waals surface area (Å²) in [5.41, 5.74) is 1.96. The maximum atomic E-state index is 12.7. The molecule has 0 aromatic heterocycles. The molecule has 0 aliphatic rings. The van der Waals surface area contributed by atoms with Crippen molar-refractivity contribution in [3.8, 4) is 0 Å². The van der Waals surface area contributed by atoms with Gasteiger partial charge in [0, 0.05) is 5.69 Å². The summed E-state index contributed by atoms with van der Waals surface area (Å²) < 4.78 is 30.7. The van der Waals surface area contributed by atoms with E-state index in [0.717, 1.165) is 16.1 Å². The zero-order chi connectivity index (χ0) is 20.9. The van der Waals surface area contributed by atoms with Crippen LogP contribution < -0.4 is 9.62 Å². The van der Waals surface area contributed by atoms with E-state index in [2.05, 4.69) is 5.32 Å². The van der Waals surface area contributed by atoms with Gasteiger partial charge in [-0.3, -0.25) is 9.10 Å². The van der Waals surface area contributed by atoms with E-state index in [4.69, 9.17) is 4.74 Å². The number of carbonyl (C=O) groups excluding carboxylic acids is 2. The summed E-state index contributed by atoms with van der Waals surface area (Å²) in [6, 6.07) is 12.2. The fourth-order valence-electron chi connectivity index (χ4n) is 2.76. The minimum Gasteiger partial charge on any atom is -0.462 e. The van der Waals surface area contributed by atoms with Crippen molar-refractivity contribution in [1.82, 2.24) is 0 Å². The van der Waals surface area contributed by atoms with Gasteiger partial charge in [0.2, 0.25) is 15.9 Å². The molecule has 150 valence electrons. The van der Waals surface area contributed by atoms with Crippen LogP contribution in [0, 0.1) is 6.92 Å². The van der Waals surface area contributed by atoms with Gasteiger partial charge < -0.3 is 10.1 Å². The lowest BCUT2D eigenvalue weighted by Gasteiger charge is -2.28. The topological polar surface area (TPSA) is 92.8 Å². The lowest BCUT2D eigenvalue weighted by molar-refractivity contribution is -0.116. The zero-order valence-electron chi connectivity index (χ0n) is 16.3. The van der Waals surface area contributed by atoms with E-state index in [1.165, 1.54) is 13.0 Å². The highest BCUT2D eigenvalue weighted by atomic mass is 32.2. The van der Waals surface area contributed by atoms with E-state index in [1.54, 1.807) is 43.3 Å². The number of hydrogen-bond acceptors (Lipinski definition) is 5. The molecule has 1 amide bonds. The molecule has 28 heavy (non-hydrogen) atoms. The Labute approximate surface area is 165 Å². The molecular formula is C20H24N2O5S. The number of rotatable bonds is 7. The number of sulfonamides is 1. The van der Waals surface area contributed by atoms with Crippen LogP contribution in [0.2, 0.25) is 0 Å². The first-order valence-electron chi connectivity index (χ1n) is 8.77. The Balaban J connectivity index is 2.27. The van der Waals surface area contributed by atoms with Crippen molar-refractivity contribution in [2.45, 2.75) is 26.8 Å². The Morgan fingerprint density at radius 2 is 1.82 bits per heavy atom. The summed E-state index contributed by atoms with van der Waals surface area (Å²) in [4.78, 5) is 24.6. The predicted molar refractivity (Wildman–Crippen MR) is 109 cm³/mol. The van der Waals surface area contributed by atoms with Gasteiger partial charge in [0.25, 0.3) is 0 Å². The second-order valence-corrected chi connectivity index (χ2v) is 8.22. The molecule has 1 unspecified atom stereocenters. The van der Waals surface area contributed by atoms with Gasteiger partial charge in [-0.05, 0) is 56.7 Å². The van der Waals surface area contributed by atoms with Gasteiger partial charge in [0.05, 0.1) is 24.1 Å². The summed E-state index contributed by atoms with van der Waals surface area (Å²) in [6.07, 6.45) is 1.06. The third kappa shape index (κ3) is 5.32. The molecule has 0 saturated carbocycles. The molecule has 7 nitrogen and oxygen atoms in total. The highest BCUT2D eigenvalue weighted by Gasteiger charge is 2.29. The third-order valence-corrected chi connectivity index (χ3v) is 5.23. The van der Waals surface area contributed by atoms with Crippen molar-refractivity contribution >= 4 is 33.3 Å². The van der Waals surface area contributed by atoms with Crippen LogP contribution in [-0.4, -0.2) is 39.2 Å². The molecule has 8 heteroatoms. The molecule has 0 spiro atoms. The number of carbonyl (C=O) groups is 2. The smallest absolute Gasteiger partial charge is 0.338 e. The Hall–Kier alpha value is -2.87. The average molecular weight is 404 g/mol. The van der Waals surface area contributed by atoms with Gasteiger partial charge in [0.1, 0.15) is 6.04 Å². The van der Waals surface area contributed by atoms with Crippen molar-refractivity contribution in [2.24, 2.45) is 0 Å². The van der Waals surface area contributed by atoms with Crippen LogP contribution in [0.15, 0.2) is 48.5 Å². The predicted octanol–water partition coefficient (Wildman–Crippen LogP) is 2.96. The first-order valence-corrected chi connectivity index (χ1v) is 10.6. The number of hydrogen-bond donors (Lipinski definition) is 1. The van der Waals surface area contributed by atoms with Crippen LogP contribution >= 0.6 is 0 Å². The number of anilines is 2. The van der Waals surface area contributed by atoms with Crippen molar-refractivity contribution in [2.75, 3.05) is 22.5 Å². The second-order valence-electron chi connectivity index (χ2n) is 6.36. The fraction of sp³-hybridized carbons (Fsp3) is 0.300. The van der Waals surface area contributed by atoms with Crippen LogP contribution in [0.3, 0.4) is 0 Å². The van der Waals surface area contributed by atoms with E-state index in [1.807, 2.05) is 13.0 Å². The molecule has 2 aromatic carbocycles. The monoisotopic (exact) mass is 404 g/mol. The number of aryl methyl sites for hydroxylation is 1. The fourth-order valence-corrected chi connectivity index (χ4v) is 3.93. The first-order chi connectivity index (χ1) is 13.1. The molecule has 0 bridgehead atoms. The molecule has 0 fully saturated rings. The highest BCUT2D eigenvalue weighted by Crippen LogP contribution is 2.23. The quantitative estimate of drug-likeness (QED) is 0.716. The number of ether oxygens (including phenoxy) is 1. The minimum absolute atomic E-state index is 0.242. The summed E-state index contributed by atoms with van der Waals surface area (Å²) in [5.74, 6) is -1.02. The largest absolute Gasteiger partial charge is 0.462 e. The molecular weight excluding hydrogens is 380 g/mol. The molecule has 1 atom stereocenters. The van der Waals surface area contributed by atoms with E-state index >= 15 is 0 Å². The summed E-state index contributed by atoms with van der Waals surface area (Å²) >= 11 is 0. The average Bonchev–Trinajstić information content (AvgIpc) is 2.61. The van der Waals surface area contributed by atoms with E-state index < -0.39 is 27.9 Å². The van der Waals surface area contributed by atoms with Gasteiger partial charge in [-0.1, -0.05) is 18.2 Å². The van der Waals surface area contributed by atoms with Crippen molar-refractivity contribution < 1.29 is 22.7 Å². The zero-order valence-corrected chi connectivity index (χ0v) is 17.1. The Bertz CT molecular complexity index is 972. The van der Waals surface area contributed by atoms with Crippen molar-refractivity contribution in [1.29, 1.82) is 0 Å². The highest BCUT2D eigenvalue weighted by molar-refractivity contribution is 7.92. The van der Waals surface area contributed by atoms with Gasteiger partial charge in [-0.15, -0.1) is 0 Å². The molecule has 0 radical (unpaired) electrons. The molecule has 0 heterocycles. The van der Waals surface area contributed by atoms with Crippen LogP contribution in [0.25, 0.3) is 0 Å². The normalized spacial score (nSPS) is 12.1. The second kappa shape index (κ2) is 8.88. The molecule has 0 aliphatic heterocycles. The van der Waals surface area contributed by atoms with Crippen LogP contribution in [0.1, 0.15) is 29.8 Å². The number of amides is 1. The minimum atomic E-state index is -3.70. The van der Waals surface area contributed by atoms with E-state index in [9.17, 15) is 18.0 Å². The first kappa shape index (κ1) is 21.4. The lowest BCUT2D eigenvalue weighted by atomic mass is 10.2. The number of esters is 1. The van der Waals surface area contributed by atoms with Crippen molar-refractivity contribution in [3.05, 3.63) is 59.7 Å². The van der Waals surface area contributed by atoms with Gasteiger partial charge in [-0.25, -0.2) is 13.2 Å². The molecule has 2 aromatic rings. The molecule has 0 aliphatic carbocycles. The summed E-state index contributed by atoms with van der Waals surface area (Å²) in [6.45, 7) is 5.30. The van der Waals surface area contributed by atoms with Crippen molar-refractivity contribution in [3.63, 3.8) is 0 Å². The number of benzene rings is 2. The summed E-state index contributed by atoms with van der Waals surface area (Å²) in [5, 5.41) is 2.66. The Morgan fingerprint density at radius 3 is 2.43 bits per heavy atom. The van der Waals surface area contributed by atoms with Gasteiger partial charge >= 0.3 is 5.97 Å².